The molecule has 9 heteroatoms. The Balaban J connectivity index is 1.34. The number of aliphatic imine (C=N–C) groups is 1. The zero-order chi connectivity index (χ0) is 34.0. The molecule has 2 bridgehead atoms. The van der Waals surface area contributed by atoms with Gasteiger partial charge in [0.05, 0.1) is 28.6 Å². The van der Waals surface area contributed by atoms with E-state index in [9.17, 15) is 10.2 Å². The second-order valence-electron chi connectivity index (χ2n) is 15.2. The van der Waals surface area contributed by atoms with Gasteiger partial charge in [-0.15, -0.1) is 0 Å². The summed E-state index contributed by atoms with van der Waals surface area (Å²) in [7, 11) is 0. The highest BCUT2D eigenvalue weighted by atomic mass is 19.1. The molecule has 5 aliphatic rings. The third-order valence-corrected chi connectivity index (χ3v) is 11.7. The lowest BCUT2D eigenvalue weighted by Crippen LogP contribution is -2.43. The molecule has 258 valence electrons. The molecule has 8 nitrogen and oxygen atoms in total. The van der Waals surface area contributed by atoms with Crippen LogP contribution in [-0.4, -0.2) is 81.3 Å². The van der Waals surface area contributed by atoms with Gasteiger partial charge in [0, 0.05) is 36.2 Å². The molecule has 4 fully saturated rings. The van der Waals surface area contributed by atoms with E-state index < -0.39 is 0 Å². The fourth-order valence-corrected chi connectivity index (χ4v) is 9.57. The first-order chi connectivity index (χ1) is 23.7. The number of anilines is 1. The highest BCUT2D eigenvalue weighted by Crippen LogP contribution is 2.46. The molecule has 3 saturated heterocycles. The van der Waals surface area contributed by atoms with Crippen molar-refractivity contribution in [2.45, 2.75) is 90.3 Å². The number of piperidine rings is 1. The molecule has 4 heterocycles. The predicted molar refractivity (Wildman–Crippen MR) is 194 cm³/mol. The van der Waals surface area contributed by atoms with E-state index in [0.717, 1.165) is 102 Å². The predicted octanol–water partition coefficient (Wildman–Crippen LogP) is 7.06. The minimum absolute atomic E-state index is 0.0335. The monoisotopic (exact) mass is 665 g/mol. The van der Waals surface area contributed by atoms with Crippen LogP contribution in [0, 0.1) is 17.7 Å². The standard InChI is InChI=1S/C40H48FN5O3/c1-5-28-32(41)10-9-25-17-27(47)18-30(35(25)28)31-19-33-36(29(6-2)37(31)42-23(3)4)38(45-20-24-15-26(21-45)34(48)16-24)44-39(43-33)49-22-40-11-7-13-46(40)14-8-12-40/h6,9-10,17-19,23-24,26,34,47-48H,5,7-8,11-16,20-22H2,1-4H3/b29-6-,42-37?. The zero-order valence-corrected chi connectivity index (χ0v) is 29.2. The number of hydrogen-bond donors (Lipinski definition) is 2. The van der Waals surface area contributed by atoms with E-state index >= 15 is 4.39 Å². The second kappa shape index (κ2) is 12.5. The molecule has 2 aliphatic carbocycles. The summed E-state index contributed by atoms with van der Waals surface area (Å²) in [5, 5.41) is 23.4. The number of phenols is 1. The number of aryl methyl sites for hydroxylation is 1. The minimum Gasteiger partial charge on any atom is -0.508 e. The number of aromatic hydroxyl groups is 1. The molecule has 0 radical (unpaired) electrons. The van der Waals surface area contributed by atoms with Crippen LogP contribution in [0.2, 0.25) is 0 Å². The Bertz CT molecular complexity index is 1890. The highest BCUT2D eigenvalue weighted by Gasteiger charge is 2.46. The summed E-state index contributed by atoms with van der Waals surface area (Å²) in [6, 6.07) is 6.98. The molecule has 49 heavy (non-hydrogen) atoms. The van der Waals surface area contributed by atoms with E-state index in [-0.39, 0.29) is 35.2 Å². The fourth-order valence-electron chi connectivity index (χ4n) is 9.57. The van der Waals surface area contributed by atoms with E-state index in [4.69, 9.17) is 19.7 Å². The van der Waals surface area contributed by atoms with Crippen LogP contribution < -0.4 is 9.64 Å². The number of hydrogen-bond acceptors (Lipinski definition) is 8. The van der Waals surface area contributed by atoms with Crippen LogP contribution in [0.1, 0.15) is 88.6 Å². The van der Waals surface area contributed by atoms with E-state index in [2.05, 4.69) is 29.7 Å². The van der Waals surface area contributed by atoms with E-state index in [1.54, 1.807) is 18.2 Å². The molecular formula is C40H48FN5O3. The Morgan fingerprint density at radius 3 is 2.63 bits per heavy atom. The number of phenolic OH excluding ortho intramolecular Hbond substituents is 1. The SMILES string of the molecule is C/C=C1\C(=NC(C)C)C(c2cc(O)cc3ccc(F)c(CC)c23)=Cc2nc(OCC34CCCN3CCC4)nc(N3CC4CC(O)C(C4)C3)c21. The Hall–Kier alpha value is -3.82. The first kappa shape index (κ1) is 32.4. The largest absolute Gasteiger partial charge is 0.508 e. The van der Waals surface area contributed by atoms with Gasteiger partial charge in [0.15, 0.2) is 0 Å². The number of aliphatic hydroxyl groups is 1. The number of fused-ring (bicyclic) bond motifs is 5. The van der Waals surface area contributed by atoms with Crippen LogP contribution in [0.3, 0.4) is 0 Å². The zero-order valence-electron chi connectivity index (χ0n) is 29.2. The maximum Gasteiger partial charge on any atom is 0.319 e. The van der Waals surface area contributed by atoms with Crippen molar-refractivity contribution in [3.8, 4) is 11.8 Å². The van der Waals surface area contributed by atoms with Crippen molar-refractivity contribution in [2.75, 3.05) is 37.7 Å². The third kappa shape index (κ3) is 5.53. The van der Waals surface area contributed by atoms with Crippen LogP contribution in [0.25, 0.3) is 28.0 Å². The van der Waals surface area contributed by atoms with Gasteiger partial charge in [0.25, 0.3) is 0 Å². The molecule has 8 rings (SSSR count). The number of aromatic nitrogens is 2. The summed E-state index contributed by atoms with van der Waals surface area (Å²) in [5.41, 5.74) is 5.47. The Morgan fingerprint density at radius 2 is 1.92 bits per heavy atom. The molecule has 2 N–H and O–H groups in total. The molecule has 1 aromatic heterocycles. The Kier molecular flexibility index (Phi) is 8.26. The smallest absolute Gasteiger partial charge is 0.319 e. The average molecular weight is 666 g/mol. The minimum atomic E-state index is -0.295. The van der Waals surface area contributed by atoms with Crippen LogP contribution >= 0.6 is 0 Å². The van der Waals surface area contributed by atoms with E-state index in [1.165, 1.54) is 18.9 Å². The third-order valence-electron chi connectivity index (χ3n) is 11.7. The summed E-state index contributed by atoms with van der Waals surface area (Å²) in [5.74, 6) is 1.27. The number of allylic oxidation sites excluding steroid dienone is 3. The molecule has 3 unspecified atom stereocenters. The number of halogens is 1. The van der Waals surface area contributed by atoms with Gasteiger partial charge in [-0.2, -0.15) is 9.97 Å². The Morgan fingerprint density at radius 1 is 1.12 bits per heavy atom. The highest BCUT2D eigenvalue weighted by molar-refractivity contribution is 6.50. The van der Waals surface area contributed by atoms with E-state index in [0.29, 0.717) is 30.5 Å². The Labute approximate surface area is 288 Å². The van der Waals surface area contributed by atoms with Crippen molar-refractivity contribution in [1.29, 1.82) is 0 Å². The molecule has 3 atom stereocenters. The molecule has 2 aromatic carbocycles. The van der Waals surface area contributed by atoms with Crippen molar-refractivity contribution < 1.29 is 19.3 Å². The van der Waals surface area contributed by atoms with Gasteiger partial charge in [-0.1, -0.05) is 19.1 Å². The van der Waals surface area contributed by atoms with Crippen LogP contribution in [-0.2, 0) is 6.42 Å². The quantitative estimate of drug-likeness (QED) is 0.279. The number of rotatable bonds is 7. The normalized spacial score (nSPS) is 26.2. The molecule has 3 aliphatic heterocycles. The van der Waals surface area contributed by atoms with Crippen molar-refractivity contribution in [3.63, 3.8) is 0 Å². The second-order valence-corrected chi connectivity index (χ2v) is 15.2. The molecule has 1 saturated carbocycles. The van der Waals surface area contributed by atoms with Crippen molar-refractivity contribution in [2.24, 2.45) is 16.8 Å². The van der Waals surface area contributed by atoms with Gasteiger partial charge in [-0.05, 0) is 131 Å². The lowest BCUT2D eigenvalue weighted by molar-refractivity contribution is 0.107. The number of benzene rings is 2. The molecule has 0 amide bonds. The summed E-state index contributed by atoms with van der Waals surface area (Å²) >= 11 is 0. The van der Waals surface area contributed by atoms with Gasteiger partial charge < -0.3 is 19.8 Å². The van der Waals surface area contributed by atoms with E-state index in [1.807, 2.05) is 19.9 Å². The maximum absolute atomic E-state index is 15.4. The summed E-state index contributed by atoms with van der Waals surface area (Å²) in [4.78, 5) is 20.4. The average Bonchev–Trinajstić information content (AvgIpc) is 3.74. The maximum atomic E-state index is 15.4. The first-order valence-electron chi connectivity index (χ1n) is 18.3. The first-order valence-corrected chi connectivity index (χ1v) is 18.3. The summed E-state index contributed by atoms with van der Waals surface area (Å²) in [6.45, 7) is 12.4. The lowest BCUT2D eigenvalue weighted by atomic mass is 9.82. The summed E-state index contributed by atoms with van der Waals surface area (Å²) in [6.07, 6.45) is 10.8. The van der Waals surface area contributed by atoms with Gasteiger partial charge in [-0.3, -0.25) is 9.89 Å². The van der Waals surface area contributed by atoms with Gasteiger partial charge >= 0.3 is 6.01 Å². The van der Waals surface area contributed by atoms with Crippen molar-refractivity contribution >= 4 is 39.5 Å². The van der Waals surface area contributed by atoms with Gasteiger partial charge in [0.1, 0.15) is 24.0 Å². The van der Waals surface area contributed by atoms with Gasteiger partial charge in [0.2, 0.25) is 0 Å². The van der Waals surface area contributed by atoms with Crippen molar-refractivity contribution in [1.82, 2.24) is 14.9 Å². The molecule has 3 aromatic rings. The van der Waals surface area contributed by atoms with Crippen LogP contribution in [0.5, 0.6) is 11.8 Å². The van der Waals surface area contributed by atoms with Gasteiger partial charge in [-0.25, -0.2) is 4.39 Å². The van der Waals surface area contributed by atoms with Crippen LogP contribution in [0.4, 0.5) is 10.2 Å². The molecular weight excluding hydrogens is 617 g/mol. The number of ether oxygens (including phenoxy) is 1. The number of aliphatic hydroxyl groups excluding tert-OH is 1. The summed E-state index contributed by atoms with van der Waals surface area (Å²) < 4.78 is 22.0. The van der Waals surface area contributed by atoms with Crippen LogP contribution in [0.15, 0.2) is 35.3 Å². The fraction of sp³-hybridized carbons (Fsp3) is 0.525. The topological polar surface area (TPSA) is 94.3 Å². The van der Waals surface area contributed by atoms with Crippen molar-refractivity contribution in [3.05, 3.63) is 58.5 Å². The lowest BCUT2D eigenvalue weighted by Gasteiger charge is -2.36. The number of nitrogens with zero attached hydrogens (tertiary/aromatic N) is 5. The molecule has 0 spiro atoms.